The zero-order chi connectivity index (χ0) is 15.0. The predicted molar refractivity (Wildman–Crippen MR) is 81.3 cm³/mol. The molecule has 0 N–H and O–H groups in total. The van der Waals surface area contributed by atoms with Crippen LogP contribution in [-0.4, -0.2) is 10.8 Å². The quantitative estimate of drug-likeness (QED) is 0.649. The maximum Gasteiger partial charge on any atom is 0.196 e. The SMILES string of the molecule is Cc1ccc2cc(C(=O)c3cc(Cl)ccc3F)ccc2n1. The number of carbonyl (C=O) groups is 1. The molecule has 0 saturated heterocycles. The summed E-state index contributed by atoms with van der Waals surface area (Å²) in [5, 5.41) is 1.17. The summed E-state index contributed by atoms with van der Waals surface area (Å²) in [6.07, 6.45) is 0. The van der Waals surface area contributed by atoms with Crippen molar-refractivity contribution in [1.29, 1.82) is 0 Å². The largest absolute Gasteiger partial charge is 0.288 e. The van der Waals surface area contributed by atoms with Crippen LogP contribution in [0.4, 0.5) is 4.39 Å². The number of pyridine rings is 1. The normalized spacial score (nSPS) is 10.8. The molecule has 0 aliphatic carbocycles. The van der Waals surface area contributed by atoms with Crippen molar-refractivity contribution < 1.29 is 9.18 Å². The first kappa shape index (κ1) is 13.7. The molecule has 0 aliphatic heterocycles. The summed E-state index contributed by atoms with van der Waals surface area (Å²) >= 11 is 5.83. The molecule has 104 valence electrons. The van der Waals surface area contributed by atoms with Crippen LogP contribution in [0.3, 0.4) is 0 Å². The van der Waals surface area contributed by atoms with Gasteiger partial charge in [-0.2, -0.15) is 0 Å². The Balaban J connectivity index is 2.09. The molecule has 21 heavy (non-hydrogen) atoms. The van der Waals surface area contributed by atoms with Gasteiger partial charge in [0.1, 0.15) is 5.82 Å². The highest BCUT2D eigenvalue weighted by atomic mass is 35.5. The van der Waals surface area contributed by atoms with E-state index in [1.807, 2.05) is 19.1 Å². The van der Waals surface area contributed by atoms with E-state index < -0.39 is 11.6 Å². The fraction of sp³-hybridized carbons (Fsp3) is 0.0588. The van der Waals surface area contributed by atoms with Gasteiger partial charge in [-0.3, -0.25) is 9.78 Å². The van der Waals surface area contributed by atoms with Gasteiger partial charge in [0.2, 0.25) is 0 Å². The number of rotatable bonds is 2. The summed E-state index contributed by atoms with van der Waals surface area (Å²) in [7, 11) is 0. The molecular formula is C17H11ClFNO. The molecule has 1 aromatic heterocycles. The number of aromatic nitrogens is 1. The van der Waals surface area contributed by atoms with Crippen molar-refractivity contribution in [1.82, 2.24) is 4.98 Å². The van der Waals surface area contributed by atoms with Crippen LogP contribution in [0.1, 0.15) is 21.6 Å². The molecule has 4 heteroatoms. The molecule has 0 aliphatic rings. The van der Waals surface area contributed by atoms with Gasteiger partial charge in [-0.25, -0.2) is 4.39 Å². The second kappa shape index (κ2) is 5.26. The molecule has 2 aromatic carbocycles. The van der Waals surface area contributed by atoms with Gasteiger partial charge in [0, 0.05) is 21.7 Å². The predicted octanol–water partition coefficient (Wildman–Crippen LogP) is 4.57. The topological polar surface area (TPSA) is 30.0 Å². The third-order valence-corrected chi connectivity index (χ3v) is 3.50. The maximum atomic E-state index is 13.8. The lowest BCUT2D eigenvalue weighted by molar-refractivity contribution is 0.103. The van der Waals surface area contributed by atoms with Crippen molar-refractivity contribution in [2.24, 2.45) is 0 Å². The Kier molecular flexibility index (Phi) is 3.43. The summed E-state index contributed by atoms with van der Waals surface area (Å²) in [6.45, 7) is 1.90. The number of hydrogen-bond acceptors (Lipinski definition) is 2. The number of fused-ring (bicyclic) bond motifs is 1. The van der Waals surface area contributed by atoms with Crippen LogP contribution in [0.25, 0.3) is 10.9 Å². The Bertz CT molecular complexity index is 861. The van der Waals surface area contributed by atoms with E-state index in [2.05, 4.69) is 4.98 Å². The van der Waals surface area contributed by atoms with Crippen LogP contribution in [0.15, 0.2) is 48.5 Å². The first-order valence-electron chi connectivity index (χ1n) is 6.42. The number of nitrogens with zero attached hydrogens (tertiary/aromatic N) is 1. The van der Waals surface area contributed by atoms with Crippen molar-refractivity contribution in [3.63, 3.8) is 0 Å². The molecular weight excluding hydrogens is 289 g/mol. The molecule has 0 radical (unpaired) electrons. The lowest BCUT2D eigenvalue weighted by Crippen LogP contribution is -2.04. The highest BCUT2D eigenvalue weighted by molar-refractivity contribution is 6.31. The molecule has 3 rings (SSSR count). The lowest BCUT2D eigenvalue weighted by atomic mass is 10.0. The van der Waals surface area contributed by atoms with Crippen LogP contribution in [0, 0.1) is 12.7 Å². The summed E-state index contributed by atoms with van der Waals surface area (Å²) in [4.78, 5) is 16.8. The van der Waals surface area contributed by atoms with E-state index in [4.69, 9.17) is 11.6 Å². The number of hydrogen-bond donors (Lipinski definition) is 0. The first-order chi connectivity index (χ1) is 10.0. The van der Waals surface area contributed by atoms with E-state index in [1.165, 1.54) is 18.2 Å². The summed E-state index contributed by atoms with van der Waals surface area (Å²) in [5.74, 6) is -0.969. The van der Waals surface area contributed by atoms with E-state index in [0.29, 0.717) is 10.6 Å². The summed E-state index contributed by atoms with van der Waals surface area (Å²) in [5.41, 5.74) is 2.09. The van der Waals surface area contributed by atoms with Crippen molar-refractivity contribution in [3.05, 3.63) is 76.2 Å². The molecule has 3 aromatic rings. The molecule has 0 unspecified atom stereocenters. The average Bonchev–Trinajstić information content (AvgIpc) is 2.48. The minimum Gasteiger partial charge on any atom is -0.288 e. The second-order valence-electron chi connectivity index (χ2n) is 4.81. The molecule has 0 spiro atoms. The monoisotopic (exact) mass is 299 g/mol. The molecule has 0 amide bonds. The van der Waals surface area contributed by atoms with Gasteiger partial charge in [0.25, 0.3) is 0 Å². The smallest absolute Gasteiger partial charge is 0.196 e. The molecule has 0 saturated carbocycles. The molecule has 0 fully saturated rings. The molecule has 0 bridgehead atoms. The molecule has 1 heterocycles. The Morgan fingerprint density at radius 3 is 2.71 bits per heavy atom. The molecule has 2 nitrogen and oxygen atoms in total. The van der Waals surface area contributed by atoms with Crippen LogP contribution >= 0.6 is 11.6 Å². The Morgan fingerprint density at radius 2 is 1.90 bits per heavy atom. The van der Waals surface area contributed by atoms with Crippen LogP contribution in [0.2, 0.25) is 5.02 Å². The van der Waals surface area contributed by atoms with Gasteiger partial charge in [-0.05, 0) is 49.4 Å². The number of halogens is 2. The maximum absolute atomic E-state index is 13.8. The fourth-order valence-electron chi connectivity index (χ4n) is 2.20. The van der Waals surface area contributed by atoms with E-state index >= 15 is 0 Å². The summed E-state index contributed by atoms with van der Waals surface area (Å²) in [6, 6.07) is 12.8. The third-order valence-electron chi connectivity index (χ3n) is 3.26. The summed E-state index contributed by atoms with van der Waals surface area (Å²) < 4.78 is 13.8. The van der Waals surface area contributed by atoms with E-state index in [-0.39, 0.29) is 5.56 Å². The Morgan fingerprint density at radius 1 is 1.10 bits per heavy atom. The fourth-order valence-corrected chi connectivity index (χ4v) is 2.37. The standard InChI is InChI=1S/C17H11ClFNO/c1-10-2-3-11-8-12(4-7-16(11)20-10)17(21)14-9-13(18)5-6-15(14)19/h2-9H,1H3. The van der Waals surface area contributed by atoms with Gasteiger partial charge < -0.3 is 0 Å². The van der Waals surface area contributed by atoms with E-state index in [9.17, 15) is 9.18 Å². The number of carbonyl (C=O) groups excluding carboxylic acids is 1. The highest BCUT2D eigenvalue weighted by Gasteiger charge is 2.15. The zero-order valence-corrected chi connectivity index (χ0v) is 12.0. The van der Waals surface area contributed by atoms with Crippen molar-refractivity contribution in [3.8, 4) is 0 Å². The van der Waals surface area contributed by atoms with Crippen LogP contribution in [-0.2, 0) is 0 Å². The Hall–Kier alpha value is -2.26. The number of ketones is 1. The van der Waals surface area contributed by atoms with Gasteiger partial charge in [0.05, 0.1) is 11.1 Å². The van der Waals surface area contributed by atoms with Gasteiger partial charge in [-0.1, -0.05) is 17.7 Å². The van der Waals surface area contributed by atoms with Gasteiger partial charge >= 0.3 is 0 Å². The number of benzene rings is 2. The zero-order valence-electron chi connectivity index (χ0n) is 11.2. The van der Waals surface area contributed by atoms with Gasteiger partial charge in [-0.15, -0.1) is 0 Å². The van der Waals surface area contributed by atoms with Crippen LogP contribution < -0.4 is 0 Å². The molecule has 0 atom stereocenters. The van der Waals surface area contributed by atoms with Gasteiger partial charge in [0.15, 0.2) is 5.78 Å². The Labute approximate surface area is 126 Å². The first-order valence-corrected chi connectivity index (χ1v) is 6.79. The van der Waals surface area contributed by atoms with E-state index in [0.717, 1.165) is 16.6 Å². The van der Waals surface area contributed by atoms with Crippen molar-refractivity contribution >= 4 is 28.3 Å². The van der Waals surface area contributed by atoms with Crippen molar-refractivity contribution in [2.75, 3.05) is 0 Å². The minimum absolute atomic E-state index is 0.0260. The van der Waals surface area contributed by atoms with Crippen LogP contribution in [0.5, 0.6) is 0 Å². The number of aryl methyl sites for hydroxylation is 1. The highest BCUT2D eigenvalue weighted by Crippen LogP contribution is 2.21. The average molecular weight is 300 g/mol. The van der Waals surface area contributed by atoms with E-state index in [1.54, 1.807) is 18.2 Å². The lowest BCUT2D eigenvalue weighted by Gasteiger charge is -2.05. The van der Waals surface area contributed by atoms with Crippen molar-refractivity contribution in [2.45, 2.75) is 6.92 Å². The minimum atomic E-state index is -0.577. The second-order valence-corrected chi connectivity index (χ2v) is 5.25. The third kappa shape index (κ3) is 2.65.